The minimum Gasteiger partial charge on any atom is -0.281 e. The van der Waals surface area contributed by atoms with E-state index in [0.717, 1.165) is 6.07 Å². The molecule has 0 spiro atoms. The van der Waals surface area contributed by atoms with E-state index in [2.05, 4.69) is 14.9 Å². The van der Waals surface area contributed by atoms with Crippen molar-refractivity contribution in [1.29, 1.82) is 0 Å². The average molecular weight is 290 g/mol. The Balaban J connectivity index is 2.34. The molecule has 0 unspecified atom stereocenters. The second-order valence-electron chi connectivity index (χ2n) is 3.59. The van der Waals surface area contributed by atoms with Crippen LogP contribution >= 0.6 is 11.6 Å². The number of hydrogen-bond acceptors (Lipinski definition) is 3. The number of aromatic amines is 1. The molecule has 96 valence electrons. The molecule has 5 nitrogen and oxygen atoms in total. The van der Waals surface area contributed by atoms with Crippen LogP contribution in [0.5, 0.6) is 0 Å². The zero-order valence-corrected chi connectivity index (χ0v) is 10.8. The minimum absolute atomic E-state index is 0.0119. The van der Waals surface area contributed by atoms with E-state index < -0.39 is 15.8 Å². The first-order valence-corrected chi connectivity index (χ1v) is 6.74. The van der Waals surface area contributed by atoms with Crippen LogP contribution in [0.2, 0.25) is 5.02 Å². The van der Waals surface area contributed by atoms with E-state index >= 15 is 0 Å². The molecular formula is C10H9ClFN3O2S. The van der Waals surface area contributed by atoms with Gasteiger partial charge in [0.1, 0.15) is 10.7 Å². The normalized spacial score (nSPS) is 11.5. The predicted molar refractivity (Wildman–Crippen MR) is 65.5 cm³/mol. The molecular weight excluding hydrogens is 281 g/mol. The van der Waals surface area contributed by atoms with E-state index in [9.17, 15) is 12.8 Å². The zero-order valence-electron chi connectivity index (χ0n) is 9.24. The van der Waals surface area contributed by atoms with Crippen LogP contribution in [0.4, 0.5) is 10.1 Å². The number of halogens is 2. The van der Waals surface area contributed by atoms with E-state index in [1.54, 1.807) is 6.92 Å². The van der Waals surface area contributed by atoms with E-state index in [4.69, 9.17) is 11.6 Å². The van der Waals surface area contributed by atoms with Gasteiger partial charge < -0.3 is 0 Å². The van der Waals surface area contributed by atoms with Gasteiger partial charge in [-0.2, -0.15) is 5.10 Å². The highest BCUT2D eigenvalue weighted by Gasteiger charge is 2.18. The van der Waals surface area contributed by atoms with Gasteiger partial charge in [0.15, 0.2) is 0 Å². The first-order chi connectivity index (χ1) is 8.40. The summed E-state index contributed by atoms with van der Waals surface area (Å²) in [6, 6.07) is 3.66. The lowest BCUT2D eigenvalue weighted by molar-refractivity contribution is 0.600. The molecule has 18 heavy (non-hydrogen) atoms. The molecule has 0 aliphatic rings. The lowest BCUT2D eigenvalue weighted by Gasteiger charge is -2.07. The lowest BCUT2D eigenvalue weighted by atomic mass is 10.3. The first-order valence-electron chi connectivity index (χ1n) is 4.88. The van der Waals surface area contributed by atoms with Crippen molar-refractivity contribution in [3.63, 3.8) is 0 Å². The molecule has 1 aromatic heterocycles. The molecule has 0 atom stereocenters. The molecule has 0 saturated heterocycles. The Morgan fingerprint density at radius 2 is 2.17 bits per heavy atom. The number of sulfonamides is 1. The van der Waals surface area contributed by atoms with Crippen LogP contribution in [0.1, 0.15) is 5.69 Å². The first kappa shape index (κ1) is 12.8. The molecule has 2 N–H and O–H groups in total. The van der Waals surface area contributed by atoms with Crippen LogP contribution in [0, 0.1) is 12.7 Å². The summed E-state index contributed by atoms with van der Waals surface area (Å²) in [5.74, 6) is -0.694. The highest BCUT2D eigenvalue weighted by molar-refractivity contribution is 7.92. The summed E-state index contributed by atoms with van der Waals surface area (Å²) in [6.07, 6.45) is 1.18. The van der Waals surface area contributed by atoms with E-state index in [-0.39, 0.29) is 15.6 Å². The fourth-order valence-electron chi connectivity index (χ4n) is 1.38. The molecule has 1 aromatic carbocycles. The number of nitrogens with zero attached hydrogens (tertiary/aromatic N) is 1. The van der Waals surface area contributed by atoms with Gasteiger partial charge in [-0.1, -0.05) is 11.6 Å². The van der Waals surface area contributed by atoms with Crippen molar-refractivity contribution in [2.24, 2.45) is 0 Å². The maximum Gasteiger partial charge on any atom is 0.265 e. The Hall–Kier alpha value is -1.60. The van der Waals surface area contributed by atoms with Crippen LogP contribution in [-0.2, 0) is 10.0 Å². The predicted octanol–water partition coefficient (Wildman–Crippen LogP) is 2.31. The number of rotatable bonds is 3. The van der Waals surface area contributed by atoms with Gasteiger partial charge in [0.25, 0.3) is 10.0 Å². The zero-order chi connectivity index (χ0) is 13.3. The van der Waals surface area contributed by atoms with Crippen LogP contribution in [0.15, 0.2) is 29.3 Å². The van der Waals surface area contributed by atoms with Crippen LogP contribution in [-0.4, -0.2) is 18.6 Å². The van der Waals surface area contributed by atoms with Gasteiger partial charge in [-0.05, 0) is 25.1 Å². The van der Waals surface area contributed by atoms with E-state index in [0.29, 0.717) is 5.69 Å². The maximum atomic E-state index is 13.2. The summed E-state index contributed by atoms with van der Waals surface area (Å²) in [4.78, 5) is 0.0119. The van der Waals surface area contributed by atoms with Gasteiger partial charge in [-0.3, -0.25) is 9.82 Å². The maximum absolute atomic E-state index is 13.2. The summed E-state index contributed by atoms with van der Waals surface area (Å²) >= 11 is 5.51. The van der Waals surface area contributed by atoms with Gasteiger partial charge in [0.2, 0.25) is 0 Å². The number of benzene rings is 1. The molecule has 0 bridgehead atoms. The fourth-order valence-corrected chi connectivity index (χ4v) is 2.69. The summed E-state index contributed by atoms with van der Waals surface area (Å²) in [5.41, 5.74) is 0.495. The number of aromatic nitrogens is 2. The van der Waals surface area contributed by atoms with Crippen LogP contribution in [0.3, 0.4) is 0 Å². The Morgan fingerprint density at radius 1 is 1.44 bits per heavy atom. The van der Waals surface area contributed by atoms with Crippen LogP contribution < -0.4 is 4.72 Å². The van der Waals surface area contributed by atoms with Gasteiger partial charge in [-0.15, -0.1) is 0 Å². The molecule has 0 aliphatic heterocycles. The molecule has 2 aromatic rings. The number of nitrogens with one attached hydrogen (secondary N) is 2. The second-order valence-corrected chi connectivity index (χ2v) is 5.65. The standard InChI is InChI=1S/C10H9ClFN3O2S/c1-6-10(5-13-14-6)18(16,17)15-7-2-3-8(11)9(12)4-7/h2-5,15H,1H3,(H,13,14). The average Bonchev–Trinajstić information content (AvgIpc) is 2.70. The van der Waals surface area contributed by atoms with Gasteiger partial charge in [0, 0.05) is 0 Å². The van der Waals surface area contributed by atoms with E-state index in [1.807, 2.05) is 0 Å². The number of hydrogen-bond donors (Lipinski definition) is 2. The summed E-state index contributed by atoms with van der Waals surface area (Å²) in [7, 11) is -3.78. The molecule has 8 heteroatoms. The second kappa shape index (κ2) is 4.58. The third kappa shape index (κ3) is 2.46. The highest BCUT2D eigenvalue weighted by atomic mass is 35.5. The Labute approximate surface area is 108 Å². The van der Waals surface area contributed by atoms with Crippen molar-refractivity contribution >= 4 is 27.3 Å². The topological polar surface area (TPSA) is 74.8 Å². The molecule has 0 aliphatic carbocycles. The van der Waals surface area contributed by atoms with Gasteiger partial charge in [-0.25, -0.2) is 12.8 Å². The van der Waals surface area contributed by atoms with Crippen molar-refractivity contribution in [1.82, 2.24) is 10.2 Å². The summed E-state index contributed by atoms with van der Waals surface area (Å²) in [6.45, 7) is 1.57. The lowest BCUT2D eigenvalue weighted by Crippen LogP contribution is -2.13. The summed E-state index contributed by atoms with van der Waals surface area (Å²) < 4.78 is 39.3. The molecule has 0 fully saturated rings. The third-order valence-corrected chi connectivity index (χ3v) is 4.05. The third-order valence-electron chi connectivity index (χ3n) is 2.24. The molecule has 2 rings (SSSR count). The Kier molecular flexibility index (Phi) is 3.27. The summed E-state index contributed by atoms with van der Waals surface area (Å²) in [5, 5.41) is 6.07. The van der Waals surface area contributed by atoms with Crippen LogP contribution in [0.25, 0.3) is 0 Å². The SMILES string of the molecule is Cc1[nH]ncc1S(=O)(=O)Nc1ccc(Cl)c(F)c1. The van der Waals surface area contributed by atoms with E-state index in [1.165, 1.54) is 18.3 Å². The Bertz CT molecular complexity index is 684. The van der Waals surface area contributed by atoms with Crippen molar-refractivity contribution in [3.05, 3.63) is 40.9 Å². The molecule has 0 saturated carbocycles. The molecule has 0 amide bonds. The fraction of sp³-hybridized carbons (Fsp3) is 0.100. The monoisotopic (exact) mass is 289 g/mol. The van der Waals surface area contributed by atoms with Crippen molar-refractivity contribution in [2.75, 3.05) is 4.72 Å². The smallest absolute Gasteiger partial charge is 0.265 e. The number of aryl methyl sites for hydroxylation is 1. The van der Waals surface area contributed by atoms with Gasteiger partial charge in [0.05, 0.1) is 22.6 Å². The van der Waals surface area contributed by atoms with Crippen molar-refractivity contribution < 1.29 is 12.8 Å². The number of H-pyrrole nitrogens is 1. The van der Waals surface area contributed by atoms with Crippen molar-refractivity contribution in [3.8, 4) is 0 Å². The highest BCUT2D eigenvalue weighted by Crippen LogP contribution is 2.22. The molecule has 0 radical (unpaired) electrons. The van der Waals surface area contributed by atoms with Crippen molar-refractivity contribution in [2.45, 2.75) is 11.8 Å². The van der Waals surface area contributed by atoms with Gasteiger partial charge >= 0.3 is 0 Å². The number of anilines is 1. The largest absolute Gasteiger partial charge is 0.281 e. The Morgan fingerprint density at radius 3 is 2.72 bits per heavy atom. The molecule has 1 heterocycles. The quantitative estimate of drug-likeness (QED) is 0.910. The minimum atomic E-state index is -3.78.